The van der Waals surface area contributed by atoms with Gasteiger partial charge < -0.3 is 10.1 Å². The van der Waals surface area contributed by atoms with Gasteiger partial charge in [0.05, 0.1) is 5.56 Å². The van der Waals surface area contributed by atoms with Gasteiger partial charge >= 0.3 is 6.18 Å². The Morgan fingerprint density at radius 3 is 2.42 bits per heavy atom. The minimum Gasteiger partial charge on any atom is -0.438 e. The first-order chi connectivity index (χ1) is 11.2. The van der Waals surface area contributed by atoms with Gasteiger partial charge in [0.15, 0.2) is 0 Å². The van der Waals surface area contributed by atoms with Gasteiger partial charge in [0.2, 0.25) is 5.88 Å². The van der Waals surface area contributed by atoms with Crippen LogP contribution in [0.4, 0.5) is 18.9 Å². The van der Waals surface area contributed by atoms with Crippen LogP contribution in [0.15, 0.2) is 48.7 Å². The summed E-state index contributed by atoms with van der Waals surface area (Å²) in [6.07, 6.45) is -3.89. The van der Waals surface area contributed by atoms with Crippen LogP contribution in [-0.2, 0) is 11.0 Å². The Balaban J connectivity index is 2.11. The number of alkyl halides is 3. The second-order valence-electron chi connectivity index (χ2n) is 4.87. The molecule has 0 aliphatic rings. The second kappa shape index (κ2) is 6.92. The van der Waals surface area contributed by atoms with Crippen LogP contribution in [0.3, 0.4) is 0 Å². The lowest BCUT2D eigenvalue weighted by Gasteiger charge is -2.10. The Hall–Kier alpha value is -2.54. The van der Waals surface area contributed by atoms with E-state index in [1.807, 2.05) is 0 Å². The molecule has 0 fully saturated rings. The third kappa shape index (κ3) is 4.48. The van der Waals surface area contributed by atoms with E-state index in [0.717, 1.165) is 6.07 Å². The lowest BCUT2D eigenvalue weighted by atomic mass is 10.2. The van der Waals surface area contributed by atoms with Crippen LogP contribution >= 0.6 is 11.6 Å². The number of carbonyl (C=O) groups is 1. The van der Waals surface area contributed by atoms with E-state index in [4.69, 9.17) is 16.3 Å². The SMILES string of the molecule is C=C(C)C(=O)Nc1ccc(Oc2ncc(C(F)(F)F)cc2Cl)cc1. The summed E-state index contributed by atoms with van der Waals surface area (Å²) in [6.45, 7) is 5.09. The molecule has 8 heteroatoms. The molecule has 0 aliphatic carbocycles. The topological polar surface area (TPSA) is 51.2 Å². The fourth-order valence-corrected chi connectivity index (χ4v) is 1.82. The third-order valence-electron chi connectivity index (χ3n) is 2.85. The van der Waals surface area contributed by atoms with E-state index in [-0.39, 0.29) is 16.8 Å². The number of rotatable bonds is 4. The van der Waals surface area contributed by atoms with Gasteiger partial charge in [0.25, 0.3) is 5.91 Å². The summed E-state index contributed by atoms with van der Waals surface area (Å²) in [6, 6.07) is 6.90. The molecule has 0 spiro atoms. The van der Waals surface area contributed by atoms with Crippen molar-refractivity contribution in [3.05, 3.63) is 59.3 Å². The zero-order chi connectivity index (χ0) is 17.9. The van der Waals surface area contributed by atoms with E-state index in [9.17, 15) is 18.0 Å². The van der Waals surface area contributed by atoms with Crippen LogP contribution in [-0.4, -0.2) is 10.9 Å². The van der Waals surface area contributed by atoms with Crippen molar-refractivity contribution in [2.45, 2.75) is 13.1 Å². The van der Waals surface area contributed by atoms with Gasteiger partial charge in [-0.3, -0.25) is 4.79 Å². The Morgan fingerprint density at radius 1 is 1.29 bits per heavy atom. The number of carbonyl (C=O) groups excluding carboxylic acids is 1. The quantitative estimate of drug-likeness (QED) is 0.779. The number of hydrogen-bond acceptors (Lipinski definition) is 3. The van der Waals surface area contributed by atoms with Crippen molar-refractivity contribution in [1.82, 2.24) is 4.98 Å². The molecule has 0 atom stereocenters. The summed E-state index contributed by atoms with van der Waals surface area (Å²) in [4.78, 5) is 15.1. The normalized spacial score (nSPS) is 11.0. The Morgan fingerprint density at radius 2 is 1.92 bits per heavy atom. The van der Waals surface area contributed by atoms with Gasteiger partial charge in [-0.15, -0.1) is 0 Å². The molecule has 1 amide bonds. The van der Waals surface area contributed by atoms with E-state index >= 15 is 0 Å². The van der Waals surface area contributed by atoms with Gasteiger partial charge in [-0.05, 0) is 37.3 Å². The third-order valence-corrected chi connectivity index (χ3v) is 3.12. The van der Waals surface area contributed by atoms with E-state index in [1.54, 1.807) is 19.1 Å². The average Bonchev–Trinajstić information content (AvgIpc) is 2.50. The molecule has 1 aromatic carbocycles. The Bertz CT molecular complexity index is 774. The van der Waals surface area contributed by atoms with E-state index in [2.05, 4.69) is 16.9 Å². The monoisotopic (exact) mass is 356 g/mol. The molecule has 0 bridgehead atoms. The molecule has 1 N–H and O–H groups in total. The Kier molecular flexibility index (Phi) is 5.14. The van der Waals surface area contributed by atoms with Crippen molar-refractivity contribution in [2.24, 2.45) is 0 Å². The molecule has 0 saturated heterocycles. The zero-order valence-electron chi connectivity index (χ0n) is 12.4. The number of anilines is 1. The molecular weight excluding hydrogens is 345 g/mol. The summed E-state index contributed by atoms with van der Waals surface area (Å²) >= 11 is 5.77. The van der Waals surface area contributed by atoms with Gasteiger partial charge in [0.1, 0.15) is 10.8 Å². The minimum absolute atomic E-state index is 0.150. The molecule has 0 aliphatic heterocycles. The lowest BCUT2D eigenvalue weighted by Crippen LogP contribution is -2.11. The number of nitrogens with one attached hydrogen (secondary N) is 1. The van der Waals surface area contributed by atoms with Crippen LogP contribution in [0, 0.1) is 0 Å². The summed E-state index contributed by atoms with van der Waals surface area (Å²) in [5, 5.41) is 2.35. The Labute approximate surface area is 140 Å². The maximum absolute atomic E-state index is 12.6. The average molecular weight is 357 g/mol. The molecule has 0 unspecified atom stereocenters. The highest BCUT2D eigenvalue weighted by Crippen LogP contribution is 2.34. The van der Waals surface area contributed by atoms with Crippen LogP contribution in [0.5, 0.6) is 11.6 Å². The van der Waals surface area contributed by atoms with Crippen LogP contribution in [0.25, 0.3) is 0 Å². The molecule has 0 radical (unpaired) electrons. The van der Waals surface area contributed by atoms with E-state index in [0.29, 0.717) is 23.2 Å². The molecule has 2 rings (SSSR count). The van der Waals surface area contributed by atoms with Gasteiger partial charge in [0, 0.05) is 17.5 Å². The largest absolute Gasteiger partial charge is 0.438 e. The maximum atomic E-state index is 12.6. The molecule has 1 heterocycles. The van der Waals surface area contributed by atoms with Crippen molar-refractivity contribution in [2.75, 3.05) is 5.32 Å². The maximum Gasteiger partial charge on any atom is 0.417 e. The van der Waals surface area contributed by atoms with Gasteiger partial charge in [-0.1, -0.05) is 18.2 Å². The van der Waals surface area contributed by atoms with E-state index in [1.165, 1.54) is 12.1 Å². The zero-order valence-corrected chi connectivity index (χ0v) is 13.2. The summed E-state index contributed by atoms with van der Waals surface area (Å²) in [7, 11) is 0. The first-order valence-electron chi connectivity index (χ1n) is 6.64. The minimum atomic E-state index is -4.53. The van der Waals surface area contributed by atoms with E-state index < -0.39 is 11.7 Å². The standard InChI is InChI=1S/C16H12ClF3N2O2/c1-9(2)14(23)22-11-3-5-12(6-4-11)24-15-13(17)7-10(8-21-15)16(18,19)20/h3-8H,1H2,2H3,(H,22,23). The molecule has 24 heavy (non-hydrogen) atoms. The highest BCUT2D eigenvalue weighted by atomic mass is 35.5. The first kappa shape index (κ1) is 17.8. The highest BCUT2D eigenvalue weighted by Gasteiger charge is 2.31. The van der Waals surface area contributed by atoms with Gasteiger partial charge in [-0.2, -0.15) is 13.2 Å². The summed E-state index contributed by atoms with van der Waals surface area (Å²) in [5.41, 5.74) is -0.0874. The number of amides is 1. The molecule has 126 valence electrons. The van der Waals surface area contributed by atoms with Crippen LogP contribution < -0.4 is 10.1 Å². The molecular formula is C16H12ClF3N2O2. The van der Waals surface area contributed by atoms with Crippen LogP contribution in [0.1, 0.15) is 12.5 Å². The smallest absolute Gasteiger partial charge is 0.417 e. The summed E-state index contributed by atoms with van der Waals surface area (Å²) in [5.74, 6) is -0.169. The second-order valence-corrected chi connectivity index (χ2v) is 5.28. The van der Waals surface area contributed by atoms with Crippen molar-refractivity contribution in [1.29, 1.82) is 0 Å². The van der Waals surface area contributed by atoms with Crippen LogP contribution in [0.2, 0.25) is 5.02 Å². The number of ether oxygens (including phenoxy) is 1. The predicted octanol–water partition coefficient (Wildman–Crippen LogP) is 5.06. The number of benzene rings is 1. The number of halogens is 4. The summed E-state index contributed by atoms with van der Waals surface area (Å²) < 4.78 is 43.0. The molecule has 4 nitrogen and oxygen atoms in total. The molecule has 2 aromatic rings. The highest BCUT2D eigenvalue weighted by molar-refractivity contribution is 6.31. The lowest BCUT2D eigenvalue weighted by molar-refractivity contribution is -0.137. The number of pyridine rings is 1. The molecule has 1 aromatic heterocycles. The number of nitrogens with zero attached hydrogens (tertiary/aromatic N) is 1. The molecule has 0 saturated carbocycles. The fraction of sp³-hybridized carbons (Fsp3) is 0.125. The first-order valence-corrected chi connectivity index (χ1v) is 7.02. The number of hydrogen-bond donors (Lipinski definition) is 1. The van der Waals surface area contributed by atoms with Crippen molar-refractivity contribution >= 4 is 23.2 Å². The van der Waals surface area contributed by atoms with Gasteiger partial charge in [-0.25, -0.2) is 4.98 Å². The van der Waals surface area contributed by atoms with Crippen molar-refractivity contribution < 1.29 is 22.7 Å². The van der Waals surface area contributed by atoms with Crippen molar-refractivity contribution in [3.63, 3.8) is 0 Å². The fourth-order valence-electron chi connectivity index (χ4n) is 1.61. The number of aromatic nitrogens is 1. The van der Waals surface area contributed by atoms with Crippen molar-refractivity contribution in [3.8, 4) is 11.6 Å². The predicted molar refractivity (Wildman–Crippen MR) is 84.2 cm³/mol.